The molecule has 2 aliphatic rings. The van der Waals surface area contributed by atoms with Crippen molar-refractivity contribution in [2.24, 2.45) is 4.99 Å². The fourth-order valence-electron chi connectivity index (χ4n) is 3.73. The number of nitrogens with zero attached hydrogens (tertiary/aromatic N) is 3. The largest absolute Gasteiger partial charge is 0.497 e. The lowest BCUT2D eigenvalue weighted by molar-refractivity contribution is 0.0194. The van der Waals surface area contributed by atoms with E-state index >= 15 is 0 Å². The maximum absolute atomic E-state index is 10.5. The Kier molecular flexibility index (Phi) is 7.32. The molecule has 2 N–H and O–H groups in total. The third-order valence-corrected chi connectivity index (χ3v) is 5.25. The van der Waals surface area contributed by atoms with Gasteiger partial charge in [0.15, 0.2) is 5.96 Å². The quantitative estimate of drug-likeness (QED) is 0.572. The van der Waals surface area contributed by atoms with Gasteiger partial charge in [-0.3, -0.25) is 9.89 Å². The molecule has 2 saturated heterocycles. The van der Waals surface area contributed by atoms with Crippen molar-refractivity contribution < 1.29 is 14.6 Å². The third-order valence-electron chi connectivity index (χ3n) is 5.25. The molecule has 0 radical (unpaired) electrons. The highest BCUT2D eigenvalue weighted by Crippen LogP contribution is 2.20. The van der Waals surface area contributed by atoms with Gasteiger partial charge in [-0.25, -0.2) is 0 Å². The minimum absolute atomic E-state index is 0.328. The molecular formula is C20H32N4O3. The Hall–Kier alpha value is -1.83. The summed E-state index contributed by atoms with van der Waals surface area (Å²) >= 11 is 0. The molecule has 1 aromatic rings. The van der Waals surface area contributed by atoms with Gasteiger partial charge in [0, 0.05) is 38.8 Å². The normalized spacial score (nSPS) is 22.7. The summed E-state index contributed by atoms with van der Waals surface area (Å²) in [6, 6.07) is 8.08. The molecule has 0 bridgehead atoms. The standard InChI is InChI=1S/C20H32N4O3/c1-3-21-20(22-14-19(25)16-5-4-6-18(13-16)26-2)24-8-7-17(15-24)23-9-11-27-12-10-23/h4-6,13,17,19,25H,3,7-12,14-15H2,1-2H3,(H,21,22). The first kappa shape index (κ1) is 19.9. The van der Waals surface area contributed by atoms with E-state index in [4.69, 9.17) is 14.5 Å². The molecule has 7 heteroatoms. The zero-order chi connectivity index (χ0) is 19.1. The lowest BCUT2D eigenvalue weighted by atomic mass is 10.1. The van der Waals surface area contributed by atoms with Crippen molar-refractivity contribution in [3.05, 3.63) is 29.8 Å². The molecule has 0 aliphatic carbocycles. The van der Waals surface area contributed by atoms with E-state index in [0.717, 1.165) is 69.6 Å². The number of nitrogens with one attached hydrogen (secondary N) is 1. The van der Waals surface area contributed by atoms with Gasteiger partial charge in [-0.1, -0.05) is 12.1 Å². The molecule has 0 saturated carbocycles. The predicted octanol–water partition coefficient (Wildman–Crippen LogP) is 1.10. The highest BCUT2D eigenvalue weighted by Gasteiger charge is 2.30. The molecule has 0 amide bonds. The molecule has 2 aliphatic heterocycles. The summed E-state index contributed by atoms with van der Waals surface area (Å²) in [6.45, 7) is 8.87. The number of aliphatic hydroxyl groups is 1. The van der Waals surface area contributed by atoms with Gasteiger partial charge in [0.2, 0.25) is 0 Å². The van der Waals surface area contributed by atoms with Crippen molar-refractivity contribution in [1.29, 1.82) is 0 Å². The smallest absolute Gasteiger partial charge is 0.194 e. The van der Waals surface area contributed by atoms with Gasteiger partial charge in [-0.2, -0.15) is 0 Å². The van der Waals surface area contributed by atoms with Crippen LogP contribution >= 0.6 is 0 Å². The average molecular weight is 377 g/mol. The van der Waals surface area contributed by atoms with Gasteiger partial charge in [-0.15, -0.1) is 0 Å². The molecule has 0 spiro atoms. The van der Waals surface area contributed by atoms with E-state index in [0.29, 0.717) is 12.6 Å². The Morgan fingerprint density at radius 1 is 1.37 bits per heavy atom. The number of methoxy groups -OCH3 is 1. The van der Waals surface area contributed by atoms with Crippen molar-refractivity contribution in [3.8, 4) is 5.75 Å². The van der Waals surface area contributed by atoms with Crippen LogP contribution in [0, 0.1) is 0 Å². The van der Waals surface area contributed by atoms with Crippen molar-refractivity contribution in [3.63, 3.8) is 0 Å². The Balaban J connectivity index is 1.60. The van der Waals surface area contributed by atoms with Crippen LogP contribution in [0.3, 0.4) is 0 Å². The molecular weight excluding hydrogens is 344 g/mol. The summed E-state index contributed by atoms with van der Waals surface area (Å²) in [5, 5.41) is 13.9. The Labute approximate surface area is 162 Å². The van der Waals surface area contributed by atoms with Crippen LogP contribution in [0.2, 0.25) is 0 Å². The van der Waals surface area contributed by atoms with Crippen LogP contribution < -0.4 is 10.1 Å². The SMILES string of the molecule is CCNC(=NCC(O)c1cccc(OC)c1)N1CCC(N2CCOCC2)C1. The lowest BCUT2D eigenvalue weighted by Gasteiger charge is -2.32. The topological polar surface area (TPSA) is 69.6 Å². The monoisotopic (exact) mass is 376 g/mol. The molecule has 2 atom stereocenters. The van der Waals surface area contributed by atoms with E-state index in [-0.39, 0.29) is 0 Å². The first-order chi connectivity index (χ1) is 13.2. The minimum Gasteiger partial charge on any atom is -0.497 e. The van der Waals surface area contributed by atoms with E-state index in [1.165, 1.54) is 0 Å². The average Bonchev–Trinajstić information content (AvgIpc) is 3.21. The maximum atomic E-state index is 10.5. The van der Waals surface area contributed by atoms with Crippen molar-refractivity contribution >= 4 is 5.96 Å². The number of rotatable bonds is 6. The first-order valence-electron chi connectivity index (χ1n) is 9.88. The number of aliphatic hydroxyl groups excluding tert-OH is 1. The number of ether oxygens (including phenoxy) is 2. The van der Waals surface area contributed by atoms with Crippen molar-refractivity contribution in [1.82, 2.24) is 15.1 Å². The molecule has 7 nitrogen and oxygen atoms in total. The van der Waals surface area contributed by atoms with E-state index in [1.807, 2.05) is 24.3 Å². The number of guanidine groups is 1. The second kappa shape index (κ2) is 9.92. The van der Waals surface area contributed by atoms with E-state index in [2.05, 4.69) is 22.0 Å². The molecule has 3 rings (SSSR count). The molecule has 2 heterocycles. The molecule has 0 aromatic heterocycles. The lowest BCUT2D eigenvalue weighted by Crippen LogP contribution is -2.46. The van der Waals surface area contributed by atoms with Crippen LogP contribution in [0.25, 0.3) is 0 Å². The van der Waals surface area contributed by atoms with E-state index in [1.54, 1.807) is 7.11 Å². The second-order valence-electron chi connectivity index (χ2n) is 7.02. The summed E-state index contributed by atoms with van der Waals surface area (Å²) in [7, 11) is 1.63. The summed E-state index contributed by atoms with van der Waals surface area (Å²) in [4.78, 5) is 9.54. The van der Waals surface area contributed by atoms with Crippen LogP contribution in [0.15, 0.2) is 29.3 Å². The summed E-state index contributed by atoms with van der Waals surface area (Å²) in [5.74, 6) is 1.63. The number of hydrogen-bond acceptors (Lipinski definition) is 5. The van der Waals surface area contributed by atoms with Crippen LogP contribution in [-0.2, 0) is 4.74 Å². The van der Waals surface area contributed by atoms with Gasteiger partial charge in [-0.05, 0) is 31.0 Å². The van der Waals surface area contributed by atoms with Gasteiger partial charge in [0.1, 0.15) is 5.75 Å². The summed E-state index contributed by atoms with van der Waals surface area (Å²) in [6.07, 6.45) is 0.495. The van der Waals surface area contributed by atoms with Gasteiger partial charge >= 0.3 is 0 Å². The Morgan fingerprint density at radius 3 is 2.93 bits per heavy atom. The number of morpholine rings is 1. The first-order valence-corrected chi connectivity index (χ1v) is 9.88. The number of hydrogen-bond donors (Lipinski definition) is 2. The number of benzene rings is 1. The van der Waals surface area contributed by atoms with Crippen LogP contribution in [0.5, 0.6) is 5.75 Å². The van der Waals surface area contributed by atoms with Gasteiger partial charge < -0.3 is 24.8 Å². The highest BCUT2D eigenvalue weighted by atomic mass is 16.5. The van der Waals surface area contributed by atoms with Crippen molar-refractivity contribution in [2.75, 3.05) is 59.6 Å². The molecule has 150 valence electrons. The second-order valence-corrected chi connectivity index (χ2v) is 7.02. The third kappa shape index (κ3) is 5.34. The Bertz CT molecular complexity index is 619. The predicted molar refractivity (Wildman–Crippen MR) is 106 cm³/mol. The maximum Gasteiger partial charge on any atom is 0.194 e. The van der Waals surface area contributed by atoms with Crippen LogP contribution in [0.1, 0.15) is 25.0 Å². The van der Waals surface area contributed by atoms with Gasteiger partial charge in [0.05, 0.1) is 33.0 Å². The van der Waals surface area contributed by atoms with Crippen LogP contribution in [0.4, 0.5) is 0 Å². The number of likely N-dealkylation sites (tertiary alicyclic amines) is 1. The minimum atomic E-state index is -0.647. The van der Waals surface area contributed by atoms with E-state index < -0.39 is 6.10 Å². The zero-order valence-corrected chi connectivity index (χ0v) is 16.4. The Morgan fingerprint density at radius 2 is 2.19 bits per heavy atom. The zero-order valence-electron chi connectivity index (χ0n) is 16.4. The highest BCUT2D eigenvalue weighted by molar-refractivity contribution is 5.80. The van der Waals surface area contributed by atoms with Crippen molar-refractivity contribution in [2.45, 2.75) is 25.5 Å². The fourth-order valence-corrected chi connectivity index (χ4v) is 3.73. The molecule has 1 aromatic carbocycles. The molecule has 2 unspecified atom stereocenters. The molecule has 2 fully saturated rings. The fraction of sp³-hybridized carbons (Fsp3) is 0.650. The van der Waals surface area contributed by atoms with E-state index in [9.17, 15) is 5.11 Å². The van der Waals surface area contributed by atoms with Crippen LogP contribution in [-0.4, -0.2) is 86.5 Å². The summed E-state index contributed by atoms with van der Waals surface area (Å²) in [5.41, 5.74) is 0.821. The summed E-state index contributed by atoms with van der Waals surface area (Å²) < 4.78 is 10.7. The number of aliphatic imine (C=N–C) groups is 1. The molecule has 27 heavy (non-hydrogen) atoms. The van der Waals surface area contributed by atoms with Gasteiger partial charge in [0.25, 0.3) is 0 Å².